The molecule has 0 aliphatic heterocycles. The van der Waals surface area contributed by atoms with Crippen LogP contribution in [0.2, 0.25) is 0 Å². The smallest absolute Gasteiger partial charge is 0.118 e. The van der Waals surface area contributed by atoms with Gasteiger partial charge in [-0.2, -0.15) is 0 Å². The fourth-order valence-electron chi connectivity index (χ4n) is 1.93. The van der Waals surface area contributed by atoms with E-state index in [1.807, 2.05) is 12.1 Å². The molecule has 0 aromatic heterocycles. The van der Waals surface area contributed by atoms with Gasteiger partial charge in [0.15, 0.2) is 0 Å². The van der Waals surface area contributed by atoms with Crippen molar-refractivity contribution in [2.75, 3.05) is 27.4 Å². The fraction of sp³-hybridized carbons (Fsp3) is 0.600. The molecule has 0 bridgehead atoms. The summed E-state index contributed by atoms with van der Waals surface area (Å²) >= 11 is 0. The van der Waals surface area contributed by atoms with Crippen LogP contribution >= 0.6 is 0 Å². The van der Waals surface area contributed by atoms with E-state index in [-0.39, 0.29) is 0 Å². The first kappa shape index (κ1) is 15.0. The van der Waals surface area contributed by atoms with Crippen LogP contribution in [-0.2, 0) is 11.2 Å². The van der Waals surface area contributed by atoms with E-state index in [1.165, 1.54) is 5.56 Å². The van der Waals surface area contributed by atoms with E-state index in [2.05, 4.69) is 31.3 Å². The number of benzene rings is 1. The maximum Gasteiger partial charge on any atom is 0.118 e. The normalized spacial score (nSPS) is 14.2. The number of nitrogens with one attached hydrogen (secondary N) is 1. The molecule has 0 spiro atoms. The third-order valence-electron chi connectivity index (χ3n) is 2.97. The molecule has 18 heavy (non-hydrogen) atoms. The lowest BCUT2D eigenvalue weighted by atomic mass is 10.1. The van der Waals surface area contributed by atoms with Gasteiger partial charge in [0.1, 0.15) is 5.75 Å². The molecule has 0 aliphatic rings. The number of hydrogen-bond acceptors (Lipinski definition) is 3. The largest absolute Gasteiger partial charge is 0.497 e. The predicted molar refractivity (Wildman–Crippen MR) is 75.2 cm³/mol. The minimum Gasteiger partial charge on any atom is -0.497 e. The van der Waals surface area contributed by atoms with Gasteiger partial charge >= 0.3 is 0 Å². The Morgan fingerprint density at radius 2 is 1.78 bits per heavy atom. The van der Waals surface area contributed by atoms with Crippen molar-refractivity contribution in [2.45, 2.75) is 26.3 Å². The SMILES string of the molecule is COCC(C)CNC(C)Cc1ccc(OC)cc1. The second kappa shape index (κ2) is 8.11. The molecule has 102 valence electrons. The lowest BCUT2D eigenvalue weighted by molar-refractivity contribution is 0.157. The summed E-state index contributed by atoms with van der Waals surface area (Å²) in [5.74, 6) is 1.46. The quantitative estimate of drug-likeness (QED) is 0.770. The van der Waals surface area contributed by atoms with E-state index in [0.717, 1.165) is 25.3 Å². The molecule has 0 radical (unpaired) electrons. The van der Waals surface area contributed by atoms with Crippen molar-refractivity contribution in [2.24, 2.45) is 5.92 Å². The number of hydrogen-bond donors (Lipinski definition) is 1. The van der Waals surface area contributed by atoms with Crippen molar-refractivity contribution in [3.05, 3.63) is 29.8 Å². The van der Waals surface area contributed by atoms with Crippen molar-refractivity contribution < 1.29 is 9.47 Å². The van der Waals surface area contributed by atoms with Gasteiger partial charge in [0.2, 0.25) is 0 Å². The average Bonchev–Trinajstić information content (AvgIpc) is 2.38. The van der Waals surface area contributed by atoms with Gasteiger partial charge in [0.25, 0.3) is 0 Å². The van der Waals surface area contributed by atoms with Gasteiger partial charge < -0.3 is 14.8 Å². The Labute approximate surface area is 110 Å². The third kappa shape index (κ3) is 5.52. The molecule has 0 saturated carbocycles. The Balaban J connectivity index is 2.32. The van der Waals surface area contributed by atoms with Crippen LogP contribution in [0.1, 0.15) is 19.4 Å². The minimum absolute atomic E-state index is 0.470. The number of rotatable bonds is 8. The van der Waals surface area contributed by atoms with Gasteiger partial charge in [-0.3, -0.25) is 0 Å². The first-order valence-corrected chi connectivity index (χ1v) is 6.51. The van der Waals surface area contributed by atoms with Crippen molar-refractivity contribution in [3.8, 4) is 5.75 Å². The summed E-state index contributed by atoms with van der Waals surface area (Å²) in [5, 5.41) is 3.53. The van der Waals surface area contributed by atoms with E-state index >= 15 is 0 Å². The van der Waals surface area contributed by atoms with Crippen LogP contribution < -0.4 is 10.1 Å². The Bertz CT molecular complexity index is 324. The summed E-state index contributed by atoms with van der Waals surface area (Å²) < 4.78 is 10.3. The highest BCUT2D eigenvalue weighted by Crippen LogP contribution is 2.12. The molecule has 2 atom stereocenters. The van der Waals surface area contributed by atoms with Gasteiger partial charge in [-0.15, -0.1) is 0 Å². The molecule has 3 heteroatoms. The van der Waals surface area contributed by atoms with Crippen LogP contribution in [0, 0.1) is 5.92 Å². The first-order valence-electron chi connectivity index (χ1n) is 6.51. The maximum absolute atomic E-state index is 5.15. The molecule has 0 fully saturated rings. The Morgan fingerprint density at radius 3 is 2.33 bits per heavy atom. The van der Waals surface area contributed by atoms with Crippen LogP contribution in [0.15, 0.2) is 24.3 Å². The van der Waals surface area contributed by atoms with Gasteiger partial charge in [-0.1, -0.05) is 19.1 Å². The van der Waals surface area contributed by atoms with Gasteiger partial charge in [0.05, 0.1) is 7.11 Å². The first-order chi connectivity index (χ1) is 8.65. The third-order valence-corrected chi connectivity index (χ3v) is 2.97. The summed E-state index contributed by atoms with van der Waals surface area (Å²) in [7, 11) is 3.44. The minimum atomic E-state index is 0.470. The highest BCUT2D eigenvalue weighted by atomic mass is 16.5. The second-order valence-electron chi connectivity index (χ2n) is 4.92. The van der Waals surface area contributed by atoms with Crippen LogP contribution in [0.5, 0.6) is 5.75 Å². The Kier molecular flexibility index (Phi) is 6.76. The molecule has 0 aliphatic carbocycles. The summed E-state index contributed by atoms with van der Waals surface area (Å²) in [4.78, 5) is 0. The molecular weight excluding hydrogens is 226 g/mol. The van der Waals surface area contributed by atoms with E-state index in [4.69, 9.17) is 9.47 Å². The Hall–Kier alpha value is -1.06. The molecule has 0 heterocycles. The molecular formula is C15H25NO2. The van der Waals surface area contributed by atoms with E-state index in [1.54, 1.807) is 14.2 Å². The second-order valence-corrected chi connectivity index (χ2v) is 4.92. The van der Waals surface area contributed by atoms with E-state index in [9.17, 15) is 0 Å². The van der Waals surface area contributed by atoms with Crippen LogP contribution in [0.4, 0.5) is 0 Å². The van der Waals surface area contributed by atoms with Gasteiger partial charge in [0, 0.05) is 26.3 Å². The highest BCUT2D eigenvalue weighted by Gasteiger charge is 2.06. The van der Waals surface area contributed by atoms with Crippen LogP contribution in [0.25, 0.3) is 0 Å². The molecule has 1 aromatic rings. The van der Waals surface area contributed by atoms with Crippen molar-refractivity contribution in [1.82, 2.24) is 5.32 Å². The number of methoxy groups -OCH3 is 2. The monoisotopic (exact) mass is 251 g/mol. The Morgan fingerprint density at radius 1 is 1.11 bits per heavy atom. The topological polar surface area (TPSA) is 30.5 Å². The molecule has 0 saturated heterocycles. The average molecular weight is 251 g/mol. The summed E-state index contributed by atoms with van der Waals surface area (Å²) in [6.45, 7) is 6.20. The van der Waals surface area contributed by atoms with Crippen molar-refractivity contribution in [3.63, 3.8) is 0 Å². The van der Waals surface area contributed by atoms with E-state index in [0.29, 0.717) is 12.0 Å². The molecule has 1 rings (SSSR count). The zero-order valence-corrected chi connectivity index (χ0v) is 11.9. The van der Waals surface area contributed by atoms with E-state index < -0.39 is 0 Å². The summed E-state index contributed by atoms with van der Waals surface area (Å²) in [5.41, 5.74) is 1.33. The molecule has 1 N–H and O–H groups in total. The summed E-state index contributed by atoms with van der Waals surface area (Å²) in [6, 6.07) is 8.73. The lowest BCUT2D eigenvalue weighted by Crippen LogP contribution is -2.33. The van der Waals surface area contributed by atoms with Gasteiger partial charge in [-0.25, -0.2) is 0 Å². The molecule has 1 aromatic carbocycles. The van der Waals surface area contributed by atoms with Crippen molar-refractivity contribution in [1.29, 1.82) is 0 Å². The molecule has 2 unspecified atom stereocenters. The summed E-state index contributed by atoms with van der Waals surface area (Å²) in [6.07, 6.45) is 1.03. The zero-order chi connectivity index (χ0) is 13.4. The lowest BCUT2D eigenvalue weighted by Gasteiger charge is -2.17. The van der Waals surface area contributed by atoms with Gasteiger partial charge in [-0.05, 0) is 37.0 Å². The zero-order valence-electron chi connectivity index (χ0n) is 11.9. The fourth-order valence-corrected chi connectivity index (χ4v) is 1.93. The maximum atomic E-state index is 5.15. The van der Waals surface area contributed by atoms with Crippen molar-refractivity contribution >= 4 is 0 Å². The standard InChI is InChI=1S/C15H25NO2/c1-12(11-17-3)10-16-13(2)9-14-5-7-15(18-4)8-6-14/h5-8,12-13,16H,9-11H2,1-4H3. The molecule has 0 amide bonds. The van der Waals surface area contributed by atoms with Crippen LogP contribution in [0.3, 0.4) is 0 Å². The van der Waals surface area contributed by atoms with Crippen LogP contribution in [-0.4, -0.2) is 33.4 Å². The number of ether oxygens (including phenoxy) is 2. The molecule has 3 nitrogen and oxygen atoms in total. The predicted octanol–water partition coefficient (Wildman–Crippen LogP) is 2.50. The highest BCUT2D eigenvalue weighted by molar-refractivity contribution is 5.27.